The third-order valence-electron chi connectivity index (χ3n) is 4.54. The van der Waals surface area contributed by atoms with Crippen LogP contribution in [0.4, 0.5) is 0 Å². The van der Waals surface area contributed by atoms with Gasteiger partial charge in [-0.15, -0.1) is 0 Å². The molecule has 0 heterocycles. The molecular weight excluding hydrogens is 232 g/mol. The van der Waals surface area contributed by atoms with Crippen molar-refractivity contribution >= 4 is 11.9 Å². The summed E-state index contributed by atoms with van der Waals surface area (Å²) >= 11 is 0. The zero-order valence-corrected chi connectivity index (χ0v) is 10.6. The lowest BCUT2D eigenvalue weighted by Gasteiger charge is -2.16. The predicted molar refractivity (Wildman–Crippen MR) is 65.4 cm³/mol. The molecule has 0 bridgehead atoms. The van der Waals surface area contributed by atoms with Crippen molar-refractivity contribution in [2.24, 2.45) is 11.3 Å². The fourth-order valence-corrected chi connectivity index (χ4v) is 3.09. The van der Waals surface area contributed by atoms with Gasteiger partial charge < -0.3 is 10.2 Å². The van der Waals surface area contributed by atoms with Gasteiger partial charge in [-0.05, 0) is 25.3 Å². The molecule has 3 unspecified atom stereocenters. The van der Waals surface area contributed by atoms with E-state index >= 15 is 0 Å². The molecule has 0 radical (unpaired) electrons. The van der Waals surface area contributed by atoms with E-state index in [2.05, 4.69) is 0 Å². The Morgan fingerprint density at radius 3 is 1.94 bits per heavy atom. The summed E-state index contributed by atoms with van der Waals surface area (Å²) in [6, 6.07) is 7.06. The molecule has 4 heteroatoms. The molecule has 96 valence electrons. The van der Waals surface area contributed by atoms with Crippen molar-refractivity contribution in [2.75, 3.05) is 0 Å². The SMILES string of the molecule is Cc1ccc(C2(C(=O)O)C(C)C2(C)C(=O)O)cc1. The highest BCUT2D eigenvalue weighted by atomic mass is 16.4. The first-order valence-electron chi connectivity index (χ1n) is 5.83. The highest BCUT2D eigenvalue weighted by Gasteiger charge is 2.81. The lowest BCUT2D eigenvalue weighted by molar-refractivity contribution is -0.149. The largest absolute Gasteiger partial charge is 0.481 e. The van der Waals surface area contributed by atoms with E-state index in [9.17, 15) is 19.8 Å². The number of carbonyl (C=O) groups is 2. The molecule has 0 saturated heterocycles. The van der Waals surface area contributed by atoms with Crippen LogP contribution in [0, 0.1) is 18.3 Å². The summed E-state index contributed by atoms with van der Waals surface area (Å²) in [4.78, 5) is 23.0. The minimum absolute atomic E-state index is 0.428. The average Bonchev–Trinajstić information content (AvgIpc) is 2.81. The van der Waals surface area contributed by atoms with Crippen molar-refractivity contribution in [1.29, 1.82) is 0 Å². The number of rotatable bonds is 3. The van der Waals surface area contributed by atoms with Gasteiger partial charge in [0.1, 0.15) is 5.41 Å². The van der Waals surface area contributed by atoms with Crippen LogP contribution in [0.1, 0.15) is 25.0 Å². The molecular formula is C14H16O4. The zero-order valence-electron chi connectivity index (χ0n) is 10.6. The summed E-state index contributed by atoms with van der Waals surface area (Å²) in [5.74, 6) is -2.55. The third kappa shape index (κ3) is 1.20. The summed E-state index contributed by atoms with van der Waals surface area (Å²) in [6.07, 6.45) is 0. The molecule has 0 aliphatic heterocycles. The van der Waals surface area contributed by atoms with Gasteiger partial charge in [0.05, 0.1) is 5.41 Å². The second-order valence-electron chi connectivity index (χ2n) is 5.21. The van der Waals surface area contributed by atoms with E-state index in [1.807, 2.05) is 19.1 Å². The Hall–Kier alpha value is -1.84. The Morgan fingerprint density at radius 1 is 1.11 bits per heavy atom. The Bertz CT molecular complexity index is 519. The highest BCUT2D eigenvalue weighted by molar-refractivity contribution is 5.99. The third-order valence-corrected chi connectivity index (χ3v) is 4.54. The molecule has 1 aliphatic carbocycles. The number of benzene rings is 1. The van der Waals surface area contributed by atoms with Gasteiger partial charge in [0.2, 0.25) is 0 Å². The van der Waals surface area contributed by atoms with Crippen LogP contribution >= 0.6 is 0 Å². The molecule has 1 fully saturated rings. The van der Waals surface area contributed by atoms with Gasteiger partial charge >= 0.3 is 11.9 Å². The Balaban J connectivity index is 2.59. The molecule has 1 aromatic carbocycles. The predicted octanol–water partition coefficient (Wildman–Crippen LogP) is 2.06. The van der Waals surface area contributed by atoms with Gasteiger partial charge in [0.15, 0.2) is 0 Å². The van der Waals surface area contributed by atoms with Crippen LogP contribution in [-0.4, -0.2) is 22.2 Å². The van der Waals surface area contributed by atoms with Crippen LogP contribution in [0.25, 0.3) is 0 Å². The van der Waals surface area contributed by atoms with Gasteiger partial charge in [0.25, 0.3) is 0 Å². The molecule has 3 atom stereocenters. The molecule has 2 rings (SSSR count). The van der Waals surface area contributed by atoms with E-state index in [0.717, 1.165) is 5.56 Å². The van der Waals surface area contributed by atoms with Crippen LogP contribution in [0.5, 0.6) is 0 Å². The first-order valence-corrected chi connectivity index (χ1v) is 5.83. The molecule has 0 spiro atoms. The summed E-state index contributed by atoms with van der Waals surface area (Å²) in [5.41, 5.74) is -0.969. The zero-order chi connectivity index (χ0) is 13.7. The smallest absolute Gasteiger partial charge is 0.315 e. The number of hydrogen-bond acceptors (Lipinski definition) is 2. The van der Waals surface area contributed by atoms with Gasteiger partial charge in [-0.3, -0.25) is 9.59 Å². The second kappa shape index (κ2) is 3.57. The van der Waals surface area contributed by atoms with E-state index in [-0.39, 0.29) is 0 Å². The topological polar surface area (TPSA) is 74.6 Å². The van der Waals surface area contributed by atoms with Crippen LogP contribution in [0.3, 0.4) is 0 Å². The number of carboxylic acid groups (broad SMARTS) is 2. The van der Waals surface area contributed by atoms with E-state index in [0.29, 0.717) is 5.56 Å². The van der Waals surface area contributed by atoms with Crippen LogP contribution in [0.2, 0.25) is 0 Å². The first-order chi connectivity index (χ1) is 8.29. The van der Waals surface area contributed by atoms with Gasteiger partial charge in [0, 0.05) is 0 Å². The molecule has 2 N–H and O–H groups in total. The fraction of sp³-hybridized carbons (Fsp3) is 0.429. The monoisotopic (exact) mass is 248 g/mol. The quantitative estimate of drug-likeness (QED) is 0.858. The van der Waals surface area contributed by atoms with E-state index in [1.165, 1.54) is 6.92 Å². The van der Waals surface area contributed by atoms with Crippen molar-refractivity contribution in [3.8, 4) is 0 Å². The minimum atomic E-state index is -1.31. The highest BCUT2D eigenvalue weighted by Crippen LogP contribution is 2.69. The molecule has 0 amide bonds. The van der Waals surface area contributed by atoms with Crippen LogP contribution in [-0.2, 0) is 15.0 Å². The van der Waals surface area contributed by atoms with Crippen molar-refractivity contribution in [2.45, 2.75) is 26.2 Å². The normalized spacial score (nSPS) is 34.1. The van der Waals surface area contributed by atoms with Crippen LogP contribution in [0.15, 0.2) is 24.3 Å². The molecule has 0 aromatic heterocycles. The minimum Gasteiger partial charge on any atom is -0.481 e. The Kier molecular flexibility index (Phi) is 2.50. The van der Waals surface area contributed by atoms with E-state index in [4.69, 9.17) is 0 Å². The maximum atomic E-state index is 11.6. The van der Waals surface area contributed by atoms with E-state index < -0.39 is 28.7 Å². The molecule has 1 saturated carbocycles. The number of aliphatic carboxylic acids is 2. The average molecular weight is 248 g/mol. The van der Waals surface area contributed by atoms with Gasteiger partial charge in [-0.2, -0.15) is 0 Å². The van der Waals surface area contributed by atoms with Crippen LogP contribution < -0.4 is 0 Å². The lowest BCUT2D eigenvalue weighted by Crippen LogP contribution is -2.31. The molecule has 18 heavy (non-hydrogen) atoms. The summed E-state index contributed by atoms with van der Waals surface area (Å²) in [7, 11) is 0. The second-order valence-corrected chi connectivity index (χ2v) is 5.21. The number of carboxylic acids is 2. The summed E-state index contributed by atoms with van der Waals surface area (Å²) in [5, 5.41) is 18.8. The summed E-state index contributed by atoms with van der Waals surface area (Å²) in [6.45, 7) is 5.10. The lowest BCUT2D eigenvalue weighted by atomic mass is 9.86. The Morgan fingerprint density at radius 2 is 1.61 bits per heavy atom. The number of hydrogen-bond donors (Lipinski definition) is 2. The fourth-order valence-electron chi connectivity index (χ4n) is 3.09. The van der Waals surface area contributed by atoms with Crippen molar-refractivity contribution < 1.29 is 19.8 Å². The van der Waals surface area contributed by atoms with Gasteiger partial charge in [-0.25, -0.2) is 0 Å². The number of aryl methyl sites for hydroxylation is 1. The maximum absolute atomic E-state index is 11.6. The standard InChI is InChI=1S/C14H16O4/c1-8-4-6-10(7-5-8)14(12(17)18)9(2)13(14,3)11(15)16/h4-7,9H,1-3H3,(H,15,16)(H,17,18). The van der Waals surface area contributed by atoms with Crippen molar-refractivity contribution in [1.82, 2.24) is 0 Å². The van der Waals surface area contributed by atoms with Crippen molar-refractivity contribution in [3.63, 3.8) is 0 Å². The summed E-state index contributed by atoms with van der Waals surface area (Å²) < 4.78 is 0. The van der Waals surface area contributed by atoms with E-state index in [1.54, 1.807) is 19.1 Å². The molecule has 1 aliphatic rings. The first kappa shape index (κ1) is 12.6. The maximum Gasteiger partial charge on any atom is 0.315 e. The van der Waals surface area contributed by atoms with Crippen molar-refractivity contribution in [3.05, 3.63) is 35.4 Å². The molecule has 4 nitrogen and oxygen atoms in total. The Labute approximate surface area is 105 Å². The molecule has 1 aromatic rings. The van der Waals surface area contributed by atoms with Gasteiger partial charge in [-0.1, -0.05) is 36.8 Å².